The van der Waals surface area contributed by atoms with Gasteiger partial charge in [0.05, 0.1) is 11.7 Å². The van der Waals surface area contributed by atoms with Crippen molar-refractivity contribution in [1.82, 2.24) is 24.9 Å². The highest BCUT2D eigenvalue weighted by molar-refractivity contribution is 6.30. The van der Waals surface area contributed by atoms with E-state index < -0.39 is 0 Å². The van der Waals surface area contributed by atoms with Crippen molar-refractivity contribution < 1.29 is 0 Å². The number of hydrogen-bond donors (Lipinski definition) is 3. The summed E-state index contributed by atoms with van der Waals surface area (Å²) in [6, 6.07) is 9.51. The first-order valence-electron chi connectivity index (χ1n) is 8.62. The lowest BCUT2D eigenvalue weighted by Gasteiger charge is -2.09. The monoisotopic (exact) mass is 368 g/mol. The molecule has 3 N–H and O–H groups in total. The molecule has 0 aliphatic carbocycles. The number of hydrogen-bond acceptors (Lipinski definition) is 4. The highest BCUT2D eigenvalue weighted by atomic mass is 35.5. The van der Waals surface area contributed by atoms with Crippen LogP contribution in [0.15, 0.2) is 49.1 Å². The maximum atomic E-state index is 6.08. The van der Waals surface area contributed by atoms with E-state index in [2.05, 4.69) is 30.2 Å². The maximum Gasteiger partial charge on any atom is 0.163 e. The van der Waals surface area contributed by atoms with Gasteiger partial charge in [-0.1, -0.05) is 37.6 Å². The number of fused-ring (bicyclic) bond motifs is 1. The molecule has 4 aromatic rings. The Bertz CT molecular complexity index is 961. The number of aromatic amines is 2. The van der Waals surface area contributed by atoms with E-state index in [-0.39, 0.29) is 0 Å². The Morgan fingerprint density at radius 1 is 1.12 bits per heavy atom. The fraction of sp³-hybridized carbons (Fsp3) is 0.211. The van der Waals surface area contributed by atoms with Crippen LogP contribution in [0.4, 0.5) is 5.82 Å². The molecule has 0 atom stereocenters. The highest BCUT2D eigenvalue weighted by Gasteiger charge is 2.10. The normalized spacial score (nSPS) is 10.4. The van der Waals surface area contributed by atoms with Crippen LogP contribution in [0.5, 0.6) is 0 Å². The van der Waals surface area contributed by atoms with Gasteiger partial charge in [0.15, 0.2) is 5.82 Å². The Morgan fingerprint density at radius 3 is 2.77 bits per heavy atom. The third kappa shape index (κ3) is 4.03. The summed E-state index contributed by atoms with van der Waals surface area (Å²) in [5, 5.41) is 5.01. The van der Waals surface area contributed by atoms with Gasteiger partial charge in [-0.25, -0.2) is 15.0 Å². The van der Waals surface area contributed by atoms with Crippen molar-refractivity contribution in [2.75, 3.05) is 11.9 Å². The lowest BCUT2D eigenvalue weighted by Crippen LogP contribution is -2.08. The van der Waals surface area contributed by atoms with Gasteiger partial charge in [-0.15, -0.1) is 0 Å². The first-order chi connectivity index (χ1) is 12.8. The molecule has 3 heterocycles. The van der Waals surface area contributed by atoms with Crippen LogP contribution in [0.25, 0.3) is 22.4 Å². The first-order valence-corrected chi connectivity index (χ1v) is 8.99. The van der Waals surface area contributed by atoms with Crippen LogP contribution in [0, 0.1) is 0 Å². The van der Waals surface area contributed by atoms with Gasteiger partial charge in [-0.3, -0.25) is 0 Å². The molecule has 3 aromatic heterocycles. The number of H-pyrrole nitrogens is 2. The molecule has 26 heavy (non-hydrogen) atoms. The average molecular weight is 369 g/mol. The van der Waals surface area contributed by atoms with Gasteiger partial charge in [0.2, 0.25) is 0 Å². The van der Waals surface area contributed by atoms with Crippen LogP contribution in [-0.4, -0.2) is 31.5 Å². The molecule has 0 radical (unpaired) electrons. The lowest BCUT2D eigenvalue weighted by atomic mass is 10.2. The zero-order chi connectivity index (χ0) is 18.4. The quantitative estimate of drug-likeness (QED) is 0.477. The number of anilines is 1. The molecule has 0 unspecified atom stereocenters. The van der Waals surface area contributed by atoms with E-state index >= 15 is 0 Å². The van der Waals surface area contributed by atoms with Crippen LogP contribution in [0.2, 0.25) is 5.02 Å². The third-order valence-electron chi connectivity index (χ3n) is 3.74. The molecule has 6 nitrogen and oxygen atoms in total. The topological polar surface area (TPSA) is 82.3 Å². The van der Waals surface area contributed by atoms with Crippen molar-refractivity contribution in [3.63, 3.8) is 0 Å². The molecule has 7 heteroatoms. The Morgan fingerprint density at radius 2 is 2.00 bits per heavy atom. The van der Waals surface area contributed by atoms with Crippen molar-refractivity contribution in [2.24, 2.45) is 0 Å². The van der Waals surface area contributed by atoms with Crippen molar-refractivity contribution in [3.8, 4) is 11.4 Å². The Balaban J connectivity index is 0.000000948. The summed E-state index contributed by atoms with van der Waals surface area (Å²) in [5.74, 6) is 1.44. The first kappa shape index (κ1) is 17.9. The fourth-order valence-electron chi connectivity index (χ4n) is 2.57. The highest BCUT2D eigenvalue weighted by Crippen LogP contribution is 2.25. The van der Waals surface area contributed by atoms with Crippen molar-refractivity contribution in [3.05, 3.63) is 59.8 Å². The summed E-state index contributed by atoms with van der Waals surface area (Å²) in [4.78, 5) is 19.5. The van der Waals surface area contributed by atoms with Gasteiger partial charge in [0, 0.05) is 41.6 Å². The number of imidazole rings is 1. The second kappa shape index (κ2) is 8.49. The zero-order valence-corrected chi connectivity index (χ0v) is 15.5. The van der Waals surface area contributed by atoms with Gasteiger partial charge in [-0.05, 0) is 18.2 Å². The number of aromatic nitrogens is 5. The minimum absolute atomic E-state index is 0.636. The molecule has 4 rings (SSSR count). The molecular formula is C19H21ClN6. The summed E-state index contributed by atoms with van der Waals surface area (Å²) in [6.45, 7) is 4.74. The van der Waals surface area contributed by atoms with E-state index in [1.165, 1.54) is 0 Å². The molecule has 134 valence electrons. The molecule has 0 amide bonds. The number of benzene rings is 1. The van der Waals surface area contributed by atoms with Crippen LogP contribution in [-0.2, 0) is 6.42 Å². The number of halogens is 1. The summed E-state index contributed by atoms with van der Waals surface area (Å²) < 4.78 is 0. The molecule has 0 aliphatic heterocycles. The van der Waals surface area contributed by atoms with Gasteiger partial charge < -0.3 is 15.3 Å². The van der Waals surface area contributed by atoms with E-state index in [0.29, 0.717) is 10.8 Å². The fourth-order valence-corrected chi connectivity index (χ4v) is 2.76. The smallest absolute Gasteiger partial charge is 0.163 e. The van der Waals surface area contributed by atoms with Crippen molar-refractivity contribution in [2.45, 2.75) is 20.3 Å². The van der Waals surface area contributed by atoms with E-state index in [1.807, 2.05) is 56.6 Å². The number of rotatable bonds is 5. The minimum Gasteiger partial charge on any atom is -0.369 e. The number of nitrogens with zero attached hydrogens (tertiary/aromatic N) is 3. The van der Waals surface area contributed by atoms with E-state index in [0.717, 1.165) is 41.1 Å². The molecule has 0 saturated heterocycles. The molecule has 0 fully saturated rings. The van der Waals surface area contributed by atoms with Crippen LogP contribution in [0.1, 0.15) is 19.5 Å². The molecule has 0 aliphatic rings. The molecule has 0 bridgehead atoms. The predicted molar refractivity (Wildman–Crippen MR) is 106 cm³/mol. The van der Waals surface area contributed by atoms with Gasteiger partial charge >= 0.3 is 0 Å². The Kier molecular flexibility index (Phi) is 5.86. The second-order valence-corrected chi connectivity index (χ2v) is 5.84. The lowest BCUT2D eigenvalue weighted by molar-refractivity contribution is 0.969. The molecular weight excluding hydrogens is 348 g/mol. The summed E-state index contributed by atoms with van der Waals surface area (Å²) in [7, 11) is 0. The van der Waals surface area contributed by atoms with Crippen molar-refractivity contribution >= 4 is 28.5 Å². The number of nitrogens with one attached hydrogen (secondary N) is 3. The Hall–Kier alpha value is -2.86. The summed E-state index contributed by atoms with van der Waals surface area (Å²) in [6.07, 6.45) is 6.20. The SMILES string of the molecule is CC.Clc1cccc(-c2nc(NCCc3cnc[nH]3)c3cc[nH]c3n2)c1. The van der Waals surface area contributed by atoms with E-state index in [9.17, 15) is 0 Å². The molecule has 1 aromatic carbocycles. The summed E-state index contributed by atoms with van der Waals surface area (Å²) >= 11 is 6.08. The molecule has 0 spiro atoms. The van der Waals surface area contributed by atoms with Gasteiger partial charge in [0.1, 0.15) is 11.5 Å². The van der Waals surface area contributed by atoms with Crippen LogP contribution >= 0.6 is 11.6 Å². The largest absolute Gasteiger partial charge is 0.369 e. The second-order valence-electron chi connectivity index (χ2n) is 5.40. The zero-order valence-electron chi connectivity index (χ0n) is 14.8. The van der Waals surface area contributed by atoms with E-state index in [4.69, 9.17) is 11.6 Å². The van der Waals surface area contributed by atoms with Gasteiger partial charge in [-0.2, -0.15) is 0 Å². The van der Waals surface area contributed by atoms with Gasteiger partial charge in [0.25, 0.3) is 0 Å². The van der Waals surface area contributed by atoms with Crippen LogP contribution in [0.3, 0.4) is 0 Å². The third-order valence-corrected chi connectivity index (χ3v) is 3.98. The minimum atomic E-state index is 0.636. The summed E-state index contributed by atoms with van der Waals surface area (Å²) in [5.41, 5.74) is 2.76. The van der Waals surface area contributed by atoms with E-state index in [1.54, 1.807) is 6.33 Å². The van der Waals surface area contributed by atoms with Crippen molar-refractivity contribution in [1.29, 1.82) is 0 Å². The predicted octanol–water partition coefficient (Wildman–Crippen LogP) is 4.68. The standard InChI is InChI=1S/C17H15ClN6.C2H6/c18-12-3-1-2-11(8-12)15-23-16(14-5-7-21-17(14)24-15)20-6-4-13-9-19-10-22-13;1-2/h1-3,5,7-10H,4,6H2,(H,19,22)(H2,20,21,23,24);1-2H3. The average Bonchev–Trinajstić information content (AvgIpc) is 3.35. The molecule has 0 saturated carbocycles. The Labute approximate surface area is 157 Å². The maximum absolute atomic E-state index is 6.08. The van der Waals surface area contributed by atoms with Crippen LogP contribution < -0.4 is 5.32 Å².